The molecule has 21 N–H and O–H groups in total. The van der Waals surface area contributed by atoms with Gasteiger partial charge in [-0.3, -0.25) is 0 Å². The third-order valence-corrected chi connectivity index (χ3v) is 16.4. The predicted octanol–water partition coefficient (Wildman–Crippen LogP) is -12.4. The van der Waals surface area contributed by atoms with Gasteiger partial charge in [0, 0.05) is 28.8 Å². The van der Waals surface area contributed by atoms with Crippen LogP contribution in [-0.2, 0) is 99.5 Å². The summed E-state index contributed by atoms with van der Waals surface area (Å²) in [4.78, 5) is 0. The van der Waals surface area contributed by atoms with E-state index in [1.807, 2.05) is 0 Å². The van der Waals surface area contributed by atoms with Gasteiger partial charge >= 0.3 is 0 Å². The number of hydrogen-bond donors (Lipinski definition) is 21. The first-order chi connectivity index (χ1) is 65.7. The molecule has 21 fully saturated rings. The fraction of sp³-hybridized carbons (Fsp3) is 1.00. The average molecular weight is 1580 g/mol. The van der Waals surface area contributed by atoms with Gasteiger partial charge in [-0.2, -0.15) is 0 Å². The highest BCUT2D eigenvalue weighted by atomic mass is 16.8. The van der Waals surface area contributed by atoms with Crippen molar-refractivity contribution in [1.82, 2.24) is 0 Å². The second kappa shape index (κ2) is 41.4. The van der Waals surface area contributed by atoms with Crippen molar-refractivity contribution in [2.75, 3.05) is 92.2 Å². The van der Waals surface area contributed by atoms with Crippen molar-refractivity contribution in [2.24, 2.45) is 0 Å². The van der Waals surface area contributed by atoms with E-state index in [9.17, 15) is 107 Å². The first-order valence-corrected chi connectivity index (χ1v) is 30.9. The van der Waals surface area contributed by atoms with Crippen molar-refractivity contribution < 1.29 is 264 Å². The van der Waals surface area contributed by atoms with Crippen LogP contribution in [0.15, 0.2) is 0 Å². The summed E-state index contributed by atoms with van der Waals surface area (Å²) in [6, 6.07) is 0. The lowest BCUT2D eigenvalue weighted by Gasteiger charge is -2.50. The third kappa shape index (κ3) is 23.7. The number of aliphatic hydroxyl groups is 21. The zero-order valence-electron chi connectivity index (χ0n) is 95.6. The Kier molecular flexibility index (Phi) is 18.4. The normalized spacial score (nSPS) is 55.8. The summed E-state index contributed by atoms with van der Waals surface area (Å²) in [5, 5.41) is 248. The molecule has 0 aromatic carbocycles. The Morgan fingerprint density at radius 1 is 0.219 bits per heavy atom. The largest absolute Gasteiger partial charge is 0.391 e. The number of aliphatic hydroxyl groups excluding tert-OH is 14. The van der Waals surface area contributed by atoms with Gasteiger partial charge in [0.2, 0.25) is 0 Å². The highest BCUT2D eigenvalue weighted by Gasteiger charge is 2.60. The van der Waals surface area contributed by atoms with Crippen LogP contribution >= 0.6 is 0 Å². The number of hydrogen-bond acceptors (Lipinski definition) is 42. The Morgan fingerprint density at radius 2 is 0.333 bits per heavy atom. The predicted molar refractivity (Wildman–Crippen MR) is 336 cm³/mol. The Balaban J connectivity index is 1.40. The molecule has 21 rings (SSSR count). The molecular formula is C63H112O42. The Morgan fingerprint density at radius 3 is 0.438 bits per heavy atom. The molecule has 21 aliphatic heterocycles. The summed E-state index contributed by atoms with van der Waals surface area (Å²) in [6.07, 6.45) is -136. The quantitative estimate of drug-likeness (QED) is 0.0346. The molecule has 21 aliphatic rings. The first kappa shape index (κ1) is 46.6. The molecule has 616 valence electrons. The van der Waals surface area contributed by atoms with Gasteiger partial charge in [-0.15, -0.1) is 0 Å². The molecule has 0 aliphatic carbocycles. The molecule has 42 atom stereocenters. The van der Waals surface area contributed by atoms with E-state index < -0.39 is 398 Å². The van der Waals surface area contributed by atoms with Crippen molar-refractivity contribution in [2.45, 2.75) is 305 Å². The Hall–Kier alpha value is -1.68. The summed E-state index contributed by atoms with van der Waals surface area (Å²) in [5.74, 6) is 0. The van der Waals surface area contributed by atoms with Gasteiger partial charge in [0.05, 0.1) is 164 Å². The lowest BCUT2D eigenvalue weighted by Crippen LogP contribution is -2.68. The maximum absolute atomic E-state index is 12.4. The Bertz CT molecular complexity index is 3530. The molecule has 0 aromatic rings. The van der Waals surface area contributed by atoms with E-state index in [0.29, 0.717) is 0 Å². The minimum Gasteiger partial charge on any atom is -0.391 e. The van der Waals surface area contributed by atoms with E-state index in [-0.39, 0.29) is 0 Å². The molecule has 21 saturated heterocycles. The number of rotatable bonds is 28. The van der Waals surface area contributed by atoms with E-state index in [1.165, 1.54) is 0 Å². The highest BCUT2D eigenvalue weighted by molar-refractivity contribution is 5.02. The summed E-state index contributed by atoms with van der Waals surface area (Å²) >= 11 is 0. The van der Waals surface area contributed by atoms with Gasteiger partial charge in [-0.05, 0) is 48.0 Å². The number of ether oxygens (including phenoxy) is 21. The van der Waals surface area contributed by atoms with E-state index in [1.54, 1.807) is 0 Å². The van der Waals surface area contributed by atoms with Gasteiger partial charge in [0.1, 0.15) is 171 Å². The van der Waals surface area contributed by atoms with Crippen LogP contribution in [0, 0.1) is 0 Å². The maximum Gasteiger partial charge on any atom is 0.187 e. The van der Waals surface area contributed by atoms with Crippen molar-refractivity contribution in [3.8, 4) is 0 Å². The van der Waals surface area contributed by atoms with E-state index in [2.05, 4.69) is 0 Å². The summed E-state index contributed by atoms with van der Waals surface area (Å²) in [7, 11) is 0. The van der Waals surface area contributed by atoms with Crippen LogP contribution in [0.4, 0.5) is 0 Å². The minimum absolute atomic E-state index is 1.92. The topological polar surface area (TPSA) is 619 Å². The zero-order chi connectivity index (χ0) is 114. The van der Waals surface area contributed by atoms with Crippen molar-refractivity contribution in [3.05, 3.63) is 0 Å². The minimum atomic E-state index is -4.45. The Labute approximate surface area is 662 Å². The maximum atomic E-state index is 12.4. The van der Waals surface area contributed by atoms with E-state index in [0.717, 1.165) is 0 Å². The van der Waals surface area contributed by atoms with Crippen molar-refractivity contribution in [3.63, 3.8) is 0 Å². The van der Waals surface area contributed by atoms with Crippen LogP contribution in [-0.4, -0.2) is 457 Å². The molecule has 42 nitrogen and oxygen atoms in total. The fourth-order valence-electron chi connectivity index (χ4n) is 11.7. The molecule has 0 spiro atoms. The second-order valence-electron chi connectivity index (χ2n) is 23.7. The molecule has 42 heteroatoms. The van der Waals surface area contributed by atoms with E-state index in [4.69, 9.17) is 157 Å². The molecule has 14 bridgehead atoms. The van der Waals surface area contributed by atoms with Crippen molar-refractivity contribution >= 4 is 0 Å². The van der Waals surface area contributed by atoms with Gasteiger partial charge < -0.3 is 207 Å². The lowest BCUT2D eigenvalue weighted by atomic mass is 9.95. The lowest BCUT2D eigenvalue weighted by molar-refractivity contribution is -0.398. The summed E-state index contributed by atoms with van der Waals surface area (Å²) in [5.41, 5.74) is 0. The van der Waals surface area contributed by atoms with Crippen LogP contribution in [0.5, 0.6) is 0 Å². The molecule has 0 radical (unpaired) electrons. The summed E-state index contributed by atoms with van der Waals surface area (Å²) < 4.78 is 454. The fourth-order valence-corrected chi connectivity index (χ4v) is 11.7. The smallest absolute Gasteiger partial charge is 0.187 e. The van der Waals surface area contributed by atoms with Crippen LogP contribution in [0.2, 0.25) is 0 Å². The van der Waals surface area contributed by atoms with Gasteiger partial charge in [-0.25, -0.2) is 0 Å². The van der Waals surface area contributed by atoms with Crippen LogP contribution in [0.3, 0.4) is 0 Å². The van der Waals surface area contributed by atoms with E-state index >= 15 is 0 Å². The standard InChI is InChI=1S/C63H112O42/c1-22(64)8-85-15-29-50-36(71)43(78)57(92-29)100-51-30(16-86-9-23(2)65)94-59(45(80)38(51)73)102-53-32(18-88-11-25(4)67)96-61(47(82)40(53)75)104-55-34(20-90-13-27(6)69)98-63(49(84)42(55)77)105-56-35(21-91-14-28(7)70)97-62(48(83)41(56)76)103-54-33(19-89-12-26(5)68)95-60(46(81)39(54)74)101-52-31(17-87-10-24(3)66)93-58(99-50)44(79)37(52)72/h22-84H,8-21H2,1-7H3/t22?,23?,24?,25?,26?,27?,28?,29-,30-,31-,32-,33-,34-,35-,36-,37+,38+,39+,40?,41?,42-,43-,44-,45-,46-,47-,48-,49-,50-,51-,52-,53-,54-,55-,56-,57-,58-,59-,60-,61-,62-,63-/m1/s1/i1D3,2D3,3D3,4D3,5D3,6D3,7D3,8D2,9D2,10D2,11D2,12D2,13D2,14D2,22D,23D,24D,25D,26D,27D,28D. The van der Waals surface area contributed by atoms with Gasteiger partial charge in [0.15, 0.2) is 44.0 Å². The SMILES string of the molecule is [2H]C([2H])([2H])C([2H])(O)C([2H])([2H])OC[C@H]1O[C@@H]2O[C@H]3[C@@H](O)[C@@H](O)[C@H](O[C@@H]3COC([2H])([2H])C([2H])(O)C([2H])([2H])[2H])O[C@H]3C(O)[C@@H](O)[C@@H](O[C@H]4[C@H](O)[C@@H](O)[C@H](O[C@@H]4COC([2H])([2H])C([2H])(O)C([2H])([2H])[2H])O[C@H]4C(O)[C@@H](O)[C@@H](O[C@H]5[C@@H](O)[C@@H](O)[C@@H](O[C@H]6[C@@H](O)[C@@H](O)[C@@H](O[C@H]1[C@H](O)[C@H]2O)O[C@@H]6COC([2H])([2H])C([2H])(O)C([2H])([2H])[2H])O[C@@H]5COC([2H])([2H])C([2H])(O)C([2H])([2H])[2H])O[C@@H]4COC([2H])([2H])C([2H])(O)C([2H])([2H])[2H])O[C@@H]3COC([2H])([2H])C([2H])(O)C([2H])([2H])[2H]. The third-order valence-electron chi connectivity index (χ3n) is 16.4. The molecule has 0 saturated carbocycles. The molecular weight excluding hydrogens is 1430 g/mol. The molecule has 21 heterocycles. The molecule has 0 aromatic heterocycles. The van der Waals surface area contributed by atoms with Crippen LogP contribution in [0.1, 0.15) is 106 Å². The average Bonchev–Trinajstić information content (AvgIpc) is 0.863. The molecule has 105 heavy (non-hydrogen) atoms. The molecule has 9 unspecified atom stereocenters. The highest BCUT2D eigenvalue weighted by Crippen LogP contribution is 2.40. The second-order valence-corrected chi connectivity index (χ2v) is 23.7. The summed E-state index contributed by atoms with van der Waals surface area (Å²) in [6.45, 7) is -73.0. The van der Waals surface area contributed by atoms with Crippen molar-refractivity contribution in [1.29, 1.82) is 0 Å². The molecule has 0 amide bonds. The zero-order valence-corrected chi connectivity index (χ0v) is 53.6. The van der Waals surface area contributed by atoms with Gasteiger partial charge in [-0.1, -0.05) is 0 Å². The first-order valence-electron chi connectivity index (χ1n) is 51.9. The van der Waals surface area contributed by atoms with Crippen LogP contribution in [0.25, 0.3) is 0 Å². The van der Waals surface area contributed by atoms with Gasteiger partial charge in [0.25, 0.3) is 0 Å². The monoisotopic (exact) mass is 1580 g/mol. The van der Waals surface area contributed by atoms with Crippen LogP contribution < -0.4 is 0 Å².